The van der Waals surface area contributed by atoms with E-state index < -0.39 is 0 Å². The molecule has 0 fully saturated rings. The highest BCUT2D eigenvalue weighted by molar-refractivity contribution is 8.02. The average Bonchev–Trinajstić information content (AvgIpc) is 2.22. The van der Waals surface area contributed by atoms with E-state index in [4.69, 9.17) is 0 Å². The summed E-state index contributed by atoms with van der Waals surface area (Å²) in [7, 11) is 2.00. The molecule has 0 spiro atoms. The molecule has 1 aliphatic rings. The smallest absolute Gasteiger partial charge is 0.210 e. The van der Waals surface area contributed by atoms with Gasteiger partial charge in [0.15, 0.2) is 0 Å². The lowest BCUT2D eigenvalue weighted by Crippen LogP contribution is -2.33. The molecule has 0 saturated carbocycles. The van der Waals surface area contributed by atoms with Gasteiger partial charge < -0.3 is 4.90 Å². The van der Waals surface area contributed by atoms with Crippen molar-refractivity contribution < 1.29 is 4.79 Å². The van der Waals surface area contributed by atoms with Gasteiger partial charge in [-0.25, -0.2) is 0 Å². The standard InChI is InChI=1S/C14H23NOS/c1-10-12(16)11(13(10)17-6)15(5)9-7-8-14(2,3)4/h1,7-9H2,2-6H3. The summed E-state index contributed by atoms with van der Waals surface area (Å²) < 4.78 is 0. The van der Waals surface area contributed by atoms with Crippen LogP contribution in [0, 0.1) is 5.41 Å². The first-order valence-corrected chi connectivity index (χ1v) is 7.24. The third-order valence-corrected chi connectivity index (χ3v) is 3.83. The molecule has 0 N–H and O–H groups in total. The largest absolute Gasteiger partial charge is 0.370 e. The normalized spacial score (nSPS) is 16.3. The molecule has 0 unspecified atom stereocenters. The fraction of sp³-hybridized carbons (Fsp3) is 0.643. The number of allylic oxidation sites excluding steroid dienone is 2. The van der Waals surface area contributed by atoms with Crippen LogP contribution in [-0.2, 0) is 4.79 Å². The Bertz CT molecular complexity index is 363. The predicted octanol–water partition coefficient (Wildman–Crippen LogP) is 3.46. The highest BCUT2D eigenvalue weighted by Gasteiger charge is 2.33. The maximum Gasteiger partial charge on any atom is 0.210 e. The summed E-state index contributed by atoms with van der Waals surface area (Å²) in [6, 6.07) is 0. The molecule has 17 heavy (non-hydrogen) atoms. The van der Waals surface area contributed by atoms with Crippen molar-refractivity contribution in [2.24, 2.45) is 5.41 Å². The van der Waals surface area contributed by atoms with Crippen LogP contribution in [0.5, 0.6) is 0 Å². The monoisotopic (exact) mass is 253 g/mol. The zero-order valence-corrected chi connectivity index (χ0v) is 12.4. The molecule has 0 atom stereocenters. The fourth-order valence-corrected chi connectivity index (χ4v) is 2.74. The number of rotatable bonds is 5. The lowest BCUT2D eigenvalue weighted by atomic mass is 9.90. The Morgan fingerprint density at radius 2 is 1.94 bits per heavy atom. The van der Waals surface area contributed by atoms with Gasteiger partial charge in [-0.15, -0.1) is 11.8 Å². The van der Waals surface area contributed by atoms with Gasteiger partial charge in [0, 0.05) is 24.1 Å². The van der Waals surface area contributed by atoms with Crippen LogP contribution in [0.1, 0.15) is 33.6 Å². The molecule has 0 radical (unpaired) electrons. The van der Waals surface area contributed by atoms with Crippen molar-refractivity contribution in [1.29, 1.82) is 0 Å². The van der Waals surface area contributed by atoms with Gasteiger partial charge in [-0.2, -0.15) is 0 Å². The van der Waals surface area contributed by atoms with Crippen molar-refractivity contribution in [3.8, 4) is 0 Å². The van der Waals surface area contributed by atoms with Gasteiger partial charge in [0.1, 0.15) is 0 Å². The number of carbonyl (C=O) groups excluding carboxylic acids is 1. The molecule has 0 aliphatic heterocycles. The minimum Gasteiger partial charge on any atom is -0.370 e. The highest BCUT2D eigenvalue weighted by Crippen LogP contribution is 2.37. The number of nitrogens with zero attached hydrogens (tertiary/aromatic N) is 1. The molecular formula is C14H23NOS. The van der Waals surface area contributed by atoms with Crippen LogP contribution in [0.2, 0.25) is 0 Å². The minimum atomic E-state index is 0.118. The SMILES string of the molecule is C=C1C(=O)C(N(C)CCCC(C)(C)C)=C1SC. The van der Waals surface area contributed by atoms with E-state index >= 15 is 0 Å². The van der Waals surface area contributed by atoms with E-state index in [2.05, 4.69) is 32.3 Å². The molecule has 1 rings (SSSR count). The quantitative estimate of drug-likeness (QED) is 0.700. The van der Waals surface area contributed by atoms with Crippen molar-refractivity contribution in [2.45, 2.75) is 33.6 Å². The minimum absolute atomic E-state index is 0.118. The summed E-state index contributed by atoms with van der Waals surface area (Å²) in [5.41, 5.74) is 1.90. The molecule has 0 aromatic carbocycles. The van der Waals surface area contributed by atoms with Crippen molar-refractivity contribution in [3.63, 3.8) is 0 Å². The van der Waals surface area contributed by atoms with Crippen LogP contribution in [0.4, 0.5) is 0 Å². The number of hydrogen-bond donors (Lipinski definition) is 0. The molecule has 3 heteroatoms. The Morgan fingerprint density at radius 3 is 2.41 bits per heavy atom. The zero-order valence-electron chi connectivity index (χ0n) is 11.6. The molecule has 0 saturated heterocycles. The predicted molar refractivity (Wildman–Crippen MR) is 76.0 cm³/mol. The maximum absolute atomic E-state index is 11.7. The Balaban J connectivity index is 2.54. The van der Waals surface area contributed by atoms with E-state index in [0.717, 1.165) is 23.6 Å². The van der Waals surface area contributed by atoms with Gasteiger partial charge >= 0.3 is 0 Å². The van der Waals surface area contributed by atoms with Gasteiger partial charge in [-0.1, -0.05) is 27.4 Å². The van der Waals surface area contributed by atoms with E-state index in [1.165, 1.54) is 6.42 Å². The summed E-state index contributed by atoms with van der Waals surface area (Å²) >= 11 is 1.62. The third kappa shape index (κ3) is 3.38. The van der Waals surface area contributed by atoms with Crippen molar-refractivity contribution in [1.82, 2.24) is 4.90 Å². The second-order valence-corrected chi connectivity index (χ2v) is 6.59. The van der Waals surface area contributed by atoms with E-state index in [9.17, 15) is 4.79 Å². The molecule has 0 aromatic heterocycles. The van der Waals surface area contributed by atoms with E-state index in [-0.39, 0.29) is 5.78 Å². The number of ketones is 1. The lowest BCUT2D eigenvalue weighted by molar-refractivity contribution is -0.114. The number of likely N-dealkylation sites (N-methyl/N-ethyl adjacent to an activating group) is 1. The van der Waals surface area contributed by atoms with Gasteiger partial charge in [0.2, 0.25) is 5.78 Å². The summed E-state index contributed by atoms with van der Waals surface area (Å²) in [4.78, 5) is 14.9. The number of thioether (sulfide) groups is 1. The second kappa shape index (κ2) is 5.30. The summed E-state index contributed by atoms with van der Waals surface area (Å²) in [5, 5.41) is 0. The molecule has 0 aromatic rings. The molecule has 0 bridgehead atoms. The number of hydrogen-bond acceptors (Lipinski definition) is 3. The van der Waals surface area contributed by atoms with E-state index in [1.54, 1.807) is 11.8 Å². The third-order valence-electron chi connectivity index (χ3n) is 2.98. The summed E-state index contributed by atoms with van der Waals surface area (Å²) in [5.74, 6) is 0.118. The first-order valence-electron chi connectivity index (χ1n) is 6.01. The highest BCUT2D eigenvalue weighted by atomic mass is 32.2. The number of carbonyl (C=O) groups is 1. The van der Waals surface area contributed by atoms with Gasteiger partial charge in [-0.3, -0.25) is 4.79 Å². The van der Waals surface area contributed by atoms with Crippen LogP contribution in [0.15, 0.2) is 22.8 Å². The first kappa shape index (κ1) is 14.4. The van der Waals surface area contributed by atoms with Gasteiger partial charge in [0.05, 0.1) is 5.70 Å². The molecular weight excluding hydrogens is 230 g/mol. The second-order valence-electron chi connectivity index (χ2n) is 5.78. The maximum atomic E-state index is 11.7. The molecule has 1 aliphatic carbocycles. The van der Waals surface area contributed by atoms with Crippen LogP contribution in [0.3, 0.4) is 0 Å². The fourth-order valence-electron chi connectivity index (χ4n) is 1.95. The Morgan fingerprint density at radius 1 is 1.35 bits per heavy atom. The zero-order chi connectivity index (χ0) is 13.2. The lowest BCUT2D eigenvalue weighted by Gasteiger charge is -2.32. The van der Waals surface area contributed by atoms with E-state index in [0.29, 0.717) is 11.0 Å². The molecule has 0 amide bonds. The van der Waals surface area contributed by atoms with Crippen molar-refractivity contribution >= 4 is 17.5 Å². The summed E-state index contributed by atoms with van der Waals surface area (Å²) in [6.45, 7) is 11.5. The Hall–Kier alpha value is -0.700. The molecule has 2 nitrogen and oxygen atoms in total. The average molecular weight is 253 g/mol. The Kier molecular flexibility index (Phi) is 4.48. The van der Waals surface area contributed by atoms with Crippen LogP contribution in [0.25, 0.3) is 0 Å². The van der Waals surface area contributed by atoms with Gasteiger partial charge in [0.25, 0.3) is 0 Å². The molecule has 96 valence electrons. The van der Waals surface area contributed by atoms with Crippen LogP contribution >= 0.6 is 11.8 Å². The van der Waals surface area contributed by atoms with Crippen LogP contribution in [-0.4, -0.2) is 30.5 Å². The van der Waals surface area contributed by atoms with Crippen molar-refractivity contribution in [2.75, 3.05) is 19.8 Å². The van der Waals surface area contributed by atoms with Gasteiger partial charge in [-0.05, 0) is 24.5 Å². The van der Waals surface area contributed by atoms with Crippen LogP contribution < -0.4 is 0 Å². The Labute approximate surface area is 109 Å². The topological polar surface area (TPSA) is 20.3 Å². The van der Waals surface area contributed by atoms with Crippen molar-refractivity contribution in [3.05, 3.63) is 22.8 Å². The van der Waals surface area contributed by atoms with E-state index in [1.807, 2.05) is 13.3 Å². The number of Topliss-reactive ketones (excluding diaryl/α,β-unsaturated/α-hetero) is 1. The first-order chi connectivity index (χ1) is 7.78. The molecule has 0 heterocycles. The summed E-state index contributed by atoms with van der Waals surface area (Å²) in [6.07, 6.45) is 4.29.